The van der Waals surface area contributed by atoms with Crippen molar-refractivity contribution in [2.24, 2.45) is 0 Å². The van der Waals surface area contributed by atoms with E-state index in [1.807, 2.05) is 69.1 Å². The monoisotopic (exact) mass is 708 g/mol. The number of aromatic nitrogens is 4. The fourth-order valence-corrected chi connectivity index (χ4v) is 8.00. The third-order valence-electron chi connectivity index (χ3n) is 10.2. The van der Waals surface area contributed by atoms with Crippen molar-refractivity contribution in [3.8, 4) is 0 Å². The first-order valence-corrected chi connectivity index (χ1v) is 18.3. The van der Waals surface area contributed by atoms with Crippen molar-refractivity contribution in [1.82, 2.24) is 24.9 Å². The number of nitrogens with zero attached hydrogens (tertiary/aromatic N) is 7. The van der Waals surface area contributed by atoms with Crippen LogP contribution in [-0.2, 0) is 4.79 Å². The zero-order chi connectivity index (χ0) is 35.8. The summed E-state index contributed by atoms with van der Waals surface area (Å²) >= 11 is 1.48. The number of carbonyl (C=O) groups excluding carboxylic acids is 2. The number of hydrogen-bond donors (Lipinski definition) is 4. The standard InChI is InChI=1S/C37H44N10O3S/c1-21-28(34(49)43-37-40-23(3)25(5)51-37)11-8-12-30(21)44-46-17-15-45(16-18-46)27-13-14-31(38-19-27)41-36-39-20-29-22(2)32(24(4)48)35(50)47(33(29)42-36)26-9-6-7-10-26/h8,11-14,19-20,26,35,44,50H,6-7,9-10,15-18H2,1-5H3,(H,40,43,49)(H,38,39,41,42). The Morgan fingerprint density at radius 1 is 0.941 bits per heavy atom. The van der Waals surface area contributed by atoms with Crippen molar-refractivity contribution in [3.63, 3.8) is 0 Å². The average Bonchev–Trinajstić information content (AvgIpc) is 3.75. The summed E-state index contributed by atoms with van der Waals surface area (Å²) in [7, 11) is 0. The first-order chi connectivity index (χ1) is 24.6. The van der Waals surface area contributed by atoms with E-state index in [2.05, 4.69) is 40.9 Å². The number of aryl methyl sites for hydroxylation is 2. The lowest BCUT2D eigenvalue weighted by Gasteiger charge is -2.40. The van der Waals surface area contributed by atoms with Gasteiger partial charge in [-0.25, -0.2) is 20.0 Å². The molecule has 3 aliphatic rings. The number of carbonyl (C=O) groups is 2. The van der Waals surface area contributed by atoms with E-state index >= 15 is 0 Å². The van der Waals surface area contributed by atoms with E-state index in [9.17, 15) is 14.7 Å². The molecule has 2 aliphatic heterocycles. The fraction of sp³-hybridized carbons (Fsp3) is 0.405. The van der Waals surface area contributed by atoms with Crippen molar-refractivity contribution in [2.75, 3.05) is 52.0 Å². The van der Waals surface area contributed by atoms with E-state index in [4.69, 9.17) is 4.98 Å². The molecule has 1 saturated carbocycles. The highest BCUT2D eigenvalue weighted by Crippen LogP contribution is 2.41. The van der Waals surface area contributed by atoms with Crippen LogP contribution in [-0.4, -0.2) is 80.2 Å². The van der Waals surface area contributed by atoms with Crippen LogP contribution in [0.25, 0.3) is 5.57 Å². The van der Waals surface area contributed by atoms with Crippen molar-refractivity contribution < 1.29 is 14.7 Å². The van der Waals surface area contributed by atoms with Crippen molar-refractivity contribution in [2.45, 2.75) is 72.6 Å². The van der Waals surface area contributed by atoms with Gasteiger partial charge in [-0.15, -0.1) is 11.3 Å². The Bertz CT molecular complexity index is 1960. The summed E-state index contributed by atoms with van der Waals surface area (Å²) in [6, 6.07) is 9.79. The summed E-state index contributed by atoms with van der Waals surface area (Å²) in [6.07, 6.45) is 6.61. The second kappa shape index (κ2) is 14.4. The number of allylic oxidation sites excluding steroid dienone is 1. The van der Waals surface area contributed by atoms with Gasteiger partial charge in [-0.05, 0) is 82.9 Å². The number of thiazole rings is 1. The van der Waals surface area contributed by atoms with Crippen molar-refractivity contribution >= 4 is 62.7 Å². The quantitative estimate of drug-likeness (QED) is 0.165. The molecule has 1 aliphatic carbocycles. The summed E-state index contributed by atoms with van der Waals surface area (Å²) in [6.45, 7) is 12.4. The molecule has 0 spiro atoms. The van der Waals surface area contributed by atoms with Gasteiger partial charge in [0, 0.05) is 60.0 Å². The Morgan fingerprint density at radius 3 is 2.37 bits per heavy atom. The van der Waals surface area contributed by atoms with Gasteiger partial charge in [0.05, 0.1) is 23.3 Å². The van der Waals surface area contributed by atoms with Crippen LogP contribution in [0.15, 0.2) is 48.3 Å². The lowest BCUT2D eigenvalue weighted by atomic mass is 9.93. The number of anilines is 6. The molecule has 5 heterocycles. The van der Waals surface area contributed by atoms with E-state index in [1.54, 1.807) is 6.20 Å². The summed E-state index contributed by atoms with van der Waals surface area (Å²) in [4.78, 5) is 49.4. The summed E-state index contributed by atoms with van der Waals surface area (Å²) < 4.78 is 0. The van der Waals surface area contributed by atoms with Crippen LogP contribution >= 0.6 is 11.3 Å². The number of aliphatic hydroxyl groups is 1. The Balaban J connectivity index is 0.976. The minimum atomic E-state index is -1.03. The number of hydrogen-bond acceptors (Lipinski definition) is 13. The van der Waals surface area contributed by atoms with Gasteiger partial charge in [0.25, 0.3) is 5.91 Å². The molecule has 13 nitrogen and oxygen atoms in total. The highest BCUT2D eigenvalue weighted by atomic mass is 32.1. The van der Waals surface area contributed by atoms with Crippen LogP contribution < -0.4 is 25.9 Å². The molecule has 14 heteroatoms. The van der Waals surface area contributed by atoms with Gasteiger partial charge in [0.1, 0.15) is 11.6 Å². The van der Waals surface area contributed by atoms with E-state index in [-0.39, 0.29) is 17.7 Å². The minimum absolute atomic E-state index is 0.112. The topological polar surface area (TPSA) is 152 Å². The fourth-order valence-electron chi connectivity index (χ4n) is 7.19. The summed E-state index contributed by atoms with van der Waals surface area (Å²) in [5.41, 5.74) is 9.75. The molecular formula is C37H44N10O3S. The molecule has 4 aromatic rings. The van der Waals surface area contributed by atoms with Crippen LogP contribution in [0.5, 0.6) is 0 Å². The van der Waals surface area contributed by atoms with Gasteiger partial charge >= 0.3 is 0 Å². The number of piperazine rings is 1. The maximum atomic E-state index is 13.1. The molecular weight excluding hydrogens is 665 g/mol. The Morgan fingerprint density at radius 2 is 1.71 bits per heavy atom. The molecule has 1 aromatic carbocycles. The first kappa shape index (κ1) is 34.5. The zero-order valence-electron chi connectivity index (χ0n) is 29.7. The predicted octanol–water partition coefficient (Wildman–Crippen LogP) is 5.84. The van der Waals surface area contributed by atoms with Gasteiger partial charge in [-0.1, -0.05) is 18.9 Å². The van der Waals surface area contributed by atoms with Gasteiger partial charge in [0.2, 0.25) is 5.95 Å². The second-order valence-electron chi connectivity index (χ2n) is 13.5. The number of benzene rings is 1. The van der Waals surface area contributed by atoms with E-state index < -0.39 is 6.23 Å². The smallest absolute Gasteiger partial charge is 0.257 e. The number of ketones is 1. The minimum Gasteiger partial charge on any atom is -0.369 e. The number of rotatable bonds is 9. The third kappa shape index (κ3) is 7.03. The van der Waals surface area contributed by atoms with Crippen LogP contribution in [0, 0.1) is 20.8 Å². The van der Waals surface area contributed by atoms with E-state index in [1.165, 1.54) is 18.3 Å². The van der Waals surface area contributed by atoms with Crippen LogP contribution in [0.1, 0.15) is 71.6 Å². The number of amides is 1. The van der Waals surface area contributed by atoms with Crippen LogP contribution in [0.4, 0.5) is 34.1 Å². The summed E-state index contributed by atoms with van der Waals surface area (Å²) in [5.74, 6) is 1.33. The largest absolute Gasteiger partial charge is 0.369 e. The molecule has 2 fully saturated rings. The maximum Gasteiger partial charge on any atom is 0.257 e. The van der Waals surface area contributed by atoms with Crippen LogP contribution in [0.3, 0.4) is 0 Å². The van der Waals surface area contributed by atoms with Crippen molar-refractivity contribution in [3.05, 3.63) is 75.6 Å². The molecule has 0 bridgehead atoms. The first-order valence-electron chi connectivity index (χ1n) is 17.5. The molecule has 0 radical (unpaired) electrons. The zero-order valence-corrected chi connectivity index (χ0v) is 30.5. The molecule has 3 aromatic heterocycles. The maximum absolute atomic E-state index is 13.1. The lowest BCUT2D eigenvalue weighted by Crippen LogP contribution is -2.48. The lowest BCUT2D eigenvalue weighted by molar-refractivity contribution is -0.114. The molecule has 7 rings (SSSR count). The number of fused-ring (bicyclic) bond motifs is 1. The third-order valence-corrected chi connectivity index (χ3v) is 11.2. The molecule has 1 atom stereocenters. The normalized spacial score (nSPS) is 18.2. The average molecular weight is 709 g/mol. The number of nitrogens with one attached hydrogen (secondary N) is 3. The van der Waals surface area contributed by atoms with Gasteiger partial charge in [0.15, 0.2) is 17.1 Å². The molecule has 51 heavy (non-hydrogen) atoms. The Labute approximate surface area is 301 Å². The molecule has 4 N–H and O–H groups in total. The highest BCUT2D eigenvalue weighted by Gasteiger charge is 2.38. The van der Waals surface area contributed by atoms with Crippen LogP contribution in [0.2, 0.25) is 0 Å². The van der Waals surface area contributed by atoms with Gasteiger partial charge in [-0.2, -0.15) is 4.98 Å². The number of aliphatic hydroxyl groups excluding tert-OH is 1. The van der Waals surface area contributed by atoms with E-state index in [0.717, 1.165) is 84.9 Å². The Hall–Kier alpha value is -4.92. The summed E-state index contributed by atoms with van der Waals surface area (Å²) in [5, 5.41) is 20.3. The molecule has 266 valence electrons. The van der Waals surface area contributed by atoms with E-state index in [0.29, 0.717) is 39.4 Å². The predicted molar refractivity (Wildman–Crippen MR) is 202 cm³/mol. The highest BCUT2D eigenvalue weighted by molar-refractivity contribution is 7.15. The SMILES string of the molecule is CC(=O)C1=C(C)c2cnc(Nc3ccc(N4CCN(Nc5cccc(C(=O)Nc6nc(C)c(C)s6)c5C)CC4)cn3)nc2N(C2CCCC2)C1O. The molecule has 1 amide bonds. The Kier molecular flexibility index (Phi) is 9.73. The second-order valence-corrected chi connectivity index (χ2v) is 14.7. The number of Topliss-reactive ketones (excluding diaryl/α,β-unsaturated/α-hetero) is 1. The number of pyridine rings is 1. The van der Waals surface area contributed by atoms with Gasteiger partial charge in [-0.3, -0.25) is 14.9 Å². The molecule has 1 saturated heterocycles. The van der Waals surface area contributed by atoms with Crippen molar-refractivity contribution in [1.29, 1.82) is 0 Å². The molecule has 1 unspecified atom stereocenters. The number of hydrazine groups is 1. The van der Waals surface area contributed by atoms with Gasteiger partial charge < -0.3 is 25.6 Å².